The molecule has 0 aromatic carbocycles. The third-order valence-corrected chi connectivity index (χ3v) is 4.49. The average Bonchev–Trinajstić information content (AvgIpc) is 3.04. The Morgan fingerprint density at radius 1 is 1.42 bits per heavy atom. The number of rotatable bonds is 4. The first-order valence-corrected chi connectivity index (χ1v) is 7.69. The van der Waals surface area contributed by atoms with E-state index < -0.39 is 0 Å². The molecule has 0 spiro atoms. The topological polar surface area (TPSA) is 45.8 Å². The number of nitrogens with one attached hydrogen (secondary N) is 1. The van der Waals surface area contributed by atoms with E-state index in [4.69, 9.17) is 0 Å². The van der Waals surface area contributed by atoms with Gasteiger partial charge in [0.15, 0.2) is 5.78 Å². The van der Waals surface area contributed by atoms with E-state index in [1.807, 2.05) is 6.07 Å². The van der Waals surface area contributed by atoms with Gasteiger partial charge in [0.2, 0.25) is 0 Å². The van der Waals surface area contributed by atoms with Crippen LogP contribution < -0.4 is 0 Å². The first-order valence-electron chi connectivity index (χ1n) is 6.90. The third-order valence-electron chi connectivity index (χ3n) is 4.05. The Morgan fingerprint density at radius 2 is 2.21 bits per heavy atom. The number of fused-ring (bicyclic) bond motifs is 1. The Kier molecular flexibility index (Phi) is 3.69. The molecule has 0 radical (unpaired) electrons. The van der Waals surface area contributed by atoms with E-state index in [-0.39, 0.29) is 5.78 Å². The van der Waals surface area contributed by atoms with Crippen LogP contribution in [0.3, 0.4) is 0 Å². The van der Waals surface area contributed by atoms with E-state index in [1.54, 1.807) is 12.4 Å². The highest BCUT2D eigenvalue weighted by Gasteiger charge is 2.18. The minimum Gasteiger partial charge on any atom is -0.345 e. The number of carbonyl (C=O) groups is 1. The minimum atomic E-state index is 0.234. The molecular weight excluding hydrogens is 304 g/mol. The van der Waals surface area contributed by atoms with Crippen LogP contribution in [0.4, 0.5) is 0 Å². The van der Waals surface area contributed by atoms with Gasteiger partial charge in [-0.1, -0.05) is 25.7 Å². The molecule has 0 saturated heterocycles. The number of hydrogen-bond donors (Lipinski definition) is 1. The van der Waals surface area contributed by atoms with Crippen molar-refractivity contribution in [3.63, 3.8) is 0 Å². The van der Waals surface area contributed by atoms with Crippen molar-refractivity contribution in [2.75, 3.05) is 0 Å². The van der Waals surface area contributed by atoms with Crippen LogP contribution in [0, 0.1) is 5.92 Å². The van der Waals surface area contributed by atoms with Crippen molar-refractivity contribution in [2.24, 2.45) is 5.92 Å². The van der Waals surface area contributed by atoms with Gasteiger partial charge in [-0.05, 0) is 34.3 Å². The molecular formula is C15H17BrN2O. The van der Waals surface area contributed by atoms with Gasteiger partial charge in [-0.15, -0.1) is 0 Å². The van der Waals surface area contributed by atoms with E-state index in [2.05, 4.69) is 25.9 Å². The number of pyridine rings is 1. The molecule has 0 amide bonds. The Labute approximate surface area is 120 Å². The van der Waals surface area contributed by atoms with Gasteiger partial charge in [-0.25, -0.2) is 4.98 Å². The maximum Gasteiger partial charge on any atom is 0.165 e. The highest BCUT2D eigenvalue weighted by molar-refractivity contribution is 9.10. The van der Waals surface area contributed by atoms with Crippen molar-refractivity contribution in [1.82, 2.24) is 9.97 Å². The van der Waals surface area contributed by atoms with Crippen LogP contribution >= 0.6 is 15.9 Å². The van der Waals surface area contributed by atoms with Gasteiger partial charge in [0.25, 0.3) is 0 Å². The fourth-order valence-electron chi connectivity index (χ4n) is 2.98. The average molecular weight is 321 g/mol. The largest absolute Gasteiger partial charge is 0.345 e. The minimum absolute atomic E-state index is 0.234. The second kappa shape index (κ2) is 5.45. The Bertz CT molecular complexity index is 599. The second-order valence-corrected chi connectivity index (χ2v) is 6.28. The van der Waals surface area contributed by atoms with E-state index in [0.29, 0.717) is 6.42 Å². The molecule has 1 aliphatic rings. The molecule has 0 atom stereocenters. The molecule has 1 saturated carbocycles. The predicted octanol–water partition coefficient (Wildman–Crippen LogP) is 4.48. The van der Waals surface area contributed by atoms with E-state index in [1.165, 1.54) is 25.7 Å². The highest BCUT2D eigenvalue weighted by atomic mass is 79.9. The summed E-state index contributed by atoms with van der Waals surface area (Å²) >= 11 is 3.41. The van der Waals surface area contributed by atoms with Gasteiger partial charge in [0.1, 0.15) is 5.65 Å². The molecule has 0 bridgehead atoms. The molecule has 2 aromatic rings. The van der Waals surface area contributed by atoms with E-state index >= 15 is 0 Å². The molecule has 19 heavy (non-hydrogen) atoms. The summed E-state index contributed by atoms with van der Waals surface area (Å²) in [4.78, 5) is 19.7. The van der Waals surface area contributed by atoms with Crippen molar-refractivity contribution >= 4 is 32.7 Å². The molecule has 4 heteroatoms. The first-order chi connectivity index (χ1) is 9.24. The highest BCUT2D eigenvalue weighted by Crippen LogP contribution is 2.30. The molecule has 1 N–H and O–H groups in total. The standard InChI is InChI=1S/C15H17BrN2O/c16-11-7-12-13(9-18-15(12)17-8-11)14(19)6-5-10-3-1-2-4-10/h7-10H,1-6H2,(H,17,18). The van der Waals surface area contributed by atoms with Gasteiger partial charge in [0.05, 0.1) is 0 Å². The summed E-state index contributed by atoms with van der Waals surface area (Å²) in [7, 11) is 0. The lowest BCUT2D eigenvalue weighted by Gasteiger charge is -2.07. The maximum absolute atomic E-state index is 12.3. The zero-order chi connectivity index (χ0) is 13.2. The number of hydrogen-bond acceptors (Lipinski definition) is 2. The molecule has 0 aliphatic heterocycles. The molecule has 3 nitrogen and oxygen atoms in total. The van der Waals surface area contributed by atoms with Crippen molar-refractivity contribution in [1.29, 1.82) is 0 Å². The lowest BCUT2D eigenvalue weighted by molar-refractivity contribution is 0.0975. The quantitative estimate of drug-likeness (QED) is 0.844. The molecule has 0 unspecified atom stereocenters. The summed E-state index contributed by atoms with van der Waals surface area (Å²) in [6.07, 6.45) is 10.5. The van der Waals surface area contributed by atoms with Crippen molar-refractivity contribution in [2.45, 2.75) is 38.5 Å². The summed E-state index contributed by atoms with van der Waals surface area (Å²) in [5, 5.41) is 0.922. The number of H-pyrrole nitrogens is 1. The van der Waals surface area contributed by atoms with Crippen LogP contribution in [-0.2, 0) is 0 Å². The number of aromatic nitrogens is 2. The van der Waals surface area contributed by atoms with Crippen LogP contribution in [0.1, 0.15) is 48.9 Å². The molecule has 100 valence electrons. The van der Waals surface area contributed by atoms with Crippen LogP contribution in [0.5, 0.6) is 0 Å². The molecule has 2 heterocycles. The Hall–Kier alpha value is -1.16. The molecule has 3 rings (SSSR count). The van der Waals surface area contributed by atoms with E-state index in [0.717, 1.165) is 33.4 Å². The fourth-order valence-corrected chi connectivity index (χ4v) is 3.31. The summed E-state index contributed by atoms with van der Waals surface area (Å²) in [5.41, 5.74) is 1.56. The van der Waals surface area contributed by atoms with Gasteiger partial charge in [0, 0.05) is 34.2 Å². The molecule has 2 aromatic heterocycles. The van der Waals surface area contributed by atoms with Crippen molar-refractivity contribution in [3.8, 4) is 0 Å². The molecule has 1 fully saturated rings. The number of ketones is 1. The third kappa shape index (κ3) is 2.73. The Morgan fingerprint density at radius 3 is 3.00 bits per heavy atom. The number of Topliss-reactive ketones (excluding diaryl/α,β-unsaturated/α-hetero) is 1. The van der Waals surface area contributed by atoms with Crippen LogP contribution in [0.25, 0.3) is 11.0 Å². The van der Waals surface area contributed by atoms with Gasteiger partial charge < -0.3 is 4.98 Å². The SMILES string of the molecule is O=C(CCC1CCCC1)c1c[nH]c2ncc(Br)cc12. The number of nitrogens with zero attached hydrogens (tertiary/aromatic N) is 1. The van der Waals surface area contributed by atoms with Gasteiger partial charge in [-0.3, -0.25) is 4.79 Å². The van der Waals surface area contributed by atoms with Crippen LogP contribution in [0.2, 0.25) is 0 Å². The number of halogens is 1. The molecule has 1 aliphatic carbocycles. The van der Waals surface area contributed by atoms with Crippen LogP contribution in [-0.4, -0.2) is 15.8 Å². The van der Waals surface area contributed by atoms with Crippen molar-refractivity contribution in [3.05, 3.63) is 28.5 Å². The maximum atomic E-state index is 12.3. The summed E-state index contributed by atoms with van der Waals surface area (Å²) in [5.74, 6) is 0.997. The smallest absolute Gasteiger partial charge is 0.165 e. The normalized spacial score (nSPS) is 16.3. The lowest BCUT2D eigenvalue weighted by atomic mass is 9.97. The zero-order valence-electron chi connectivity index (χ0n) is 10.8. The monoisotopic (exact) mass is 320 g/mol. The zero-order valence-corrected chi connectivity index (χ0v) is 12.4. The van der Waals surface area contributed by atoms with Crippen molar-refractivity contribution < 1.29 is 4.79 Å². The lowest BCUT2D eigenvalue weighted by Crippen LogP contribution is -2.02. The first kappa shape index (κ1) is 12.9. The summed E-state index contributed by atoms with van der Waals surface area (Å²) in [6, 6.07) is 1.96. The number of aromatic amines is 1. The second-order valence-electron chi connectivity index (χ2n) is 5.36. The summed E-state index contributed by atoms with van der Waals surface area (Å²) < 4.78 is 0.907. The van der Waals surface area contributed by atoms with Gasteiger partial charge >= 0.3 is 0 Å². The predicted molar refractivity (Wildman–Crippen MR) is 79.3 cm³/mol. The fraction of sp³-hybridized carbons (Fsp3) is 0.467. The van der Waals surface area contributed by atoms with E-state index in [9.17, 15) is 4.79 Å². The van der Waals surface area contributed by atoms with Gasteiger partial charge in [-0.2, -0.15) is 0 Å². The summed E-state index contributed by atoms with van der Waals surface area (Å²) in [6.45, 7) is 0. The van der Waals surface area contributed by atoms with Crippen LogP contribution in [0.15, 0.2) is 22.9 Å². The Balaban J connectivity index is 1.75. The number of carbonyl (C=O) groups excluding carboxylic acids is 1.